The van der Waals surface area contributed by atoms with E-state index in [0.29, 0.717) is 36.0 Å². The lowest BCUT2D eigenvalue weighted by Crippen LogP contribution is -2.41. The van der Waals surface area contributed by atoms with Gasteiger partial charge in [0.15, 0.2) is 11.5 Å². The quantitative estimate of drug-likeness (QED) is 0.794. The van der Waals surface area contributed by atoms with Crippen LogP contribution in [0.4, 0.5) is 0 Å². The molecule has 9 heteroatoms. The van der Waals surface area contributed by atoms with E-state index in [1.807, 2.05) is 0 Å². The smallest absolute Gasteiger partial charge is 0.274 e. The van der Waals surface area contributed by atoms with Crippen LogP contribution in [0.5, 0.6) is 11.5 Å². The van der Waals surface area contributed by atoms with Crippen molar-refractivity contribution in [3.05, 3.63) is 40.2 Å². The first-order valence-electron chi connectivity index (χ1n) is 7.17. The Bertz CT molecular complexity index is 818. The van der Waals surface area contributed by atoms with Crippen LogP contribution in [-0.2, 0) is 7.05 Å². The largest absolute Gasteiger partial charge is 0.486 e. The second-order valence-corrected chi connectivity index (χ2v) is 5.50. The number of fused-ring (bicyclic) bond motifs is 1. The number of halogens is 1. The summed E-state index contributed by atoms with van der Waals surface area (Å²) in [6.45, 7) is 2.55. The number of ether oxygens (including phenoxy) is 2. The van der Waals surface area contributed by atoms with E-state index in [4.69, 9.17) is 21.1 Å². The van der Waals surface area contributed by atoms with Crippen LogP contribution in [0.25, 0.3) is 0 Å². The number of hydrogen-bond donors (Lipinski definition) is 2. The lowest BCUT2D eigenvalue weighted by Gasteiger charge is -2.18. The molecule has 3 rings (SSSR count). The summed E-state index contributed by atoms with van der Waals surface area (Å²) in [5, 5.41) is 4.24. The van der Waals surface area contributed by atoms with Crippen LogP contribution in [0.15, 0.2) is 18.2 Å². The summed E-state index contributed by atoms with van der Waals surface area (Å²) in [6.07, 6.45) is 0. The van der Waals surface area contributed by atoms with Gasteiger partial charge in [-0.1, -0.05) is 11.6 Å². The van der Waals surface area contributed by atoms with Crippen LogP contribution in [0.2, 0.25) is 5.15 Å². The Balaban J connectivity index is 1.68. The van der Waals surface area contributed by atoms with Gasteiger partial charge in [-0.15, -0.1) is 0 Å². The van der Waals surface area contributed by atoms with Gasteiger partial charge in [-0.3, -0.25) is 25.1 Å². The first-order valence-corrected chi connectivity index (χ1v) is 7.54. The van der Waals surface area contributed by atoms with Gasteiger partial charge < -0.3 is 9.47 Å². The molecule has 0 aliphatic carbocycles. The first kappa shape index (κ1) is 16.1. The summed E-state index contributed by atoms with van der Waals surface area (Å²) in [6, 6.07) is 4.78. The molecule has 0 unspecified atom stereocenters. The van der Waals surface area contributed by atoms with Crippen LogP contribution >= 0.6 is 11.6 Å². The number of aryl methyl sites for hydroxylation is 2. The van der Waals surface area contributed by atoms with Crippen molar-refractivity contribution in [2.45, 2.75) is 6.92 Å². The number of hydrogen-bond acceptors (Lipinski definition) is 5. The third kappa shape index (κ3) is 3.00. The zero-order chi connectivity index (χ0) is 17.3. The van der Waals surface area contributed by atoms with Gasteiger partial charge in [0.2, 0.25) is 0 Å². The summed E-state index contributed by atoms with van der Waals surface area (Å²) in [5.41, 5.74) is 5.66. The van der Waals surface area contributed by atoms with Crippen molar-refractivity contribution in [3.63, 3.8) is 0 Å². The molecule has 1 aromatic heterocycles. The van der Waals surface area contributed by atoms with Gasteiger partial charge in [-0.05, 0) is 25.1 Å². The molecule has 1 aliphatic heterocycles. The molecule has 1 aliphatic rings. The van der Waals surface area contributed by atoms with Crippen molar-refractivity contribution in [2.24, 2.45) is 7.05 Å². The maximum Gasteiger partial charge on any atom is 0.274 e. The Hall–Kier alpha value is -2.74. The highest BCUT2D eigenvalue weighted by Crippen LogP contribution is 2.30. The summed E-state index contributed by atoms with van der Waals surface area (Å²) in [5.74, 6) is 0.0421. The molecule has 2 heterocycles. The monoisotopic (exact) mass is 350 g/mol. The van der Waals surface area contributed by atoms with Gasteiger partial charge in [0.25, 0.3) is 11.8 Å². The van der Waals surface area contributed by atoms with E-state index < -0.39 is 11.8 Å². The predicted octanol–water partition coefficient (Wildman–Crippen LogP) is 1.23. The van der Waals surface area contributed by atoms with Crippen LogP contribution in [0.1, 0.15) is 26.4 Å². The van der Waals surface area contributed by atoms with E-state index in [1.54, 1.807) is 32.2 Å². The molecule has 2 amide bonds. The van der Waals surface area contributed by atoms with E-state index in [2.05, 4.69) is 16.0 Å². The molecule has 2 aromatic rings. The minimum absolute atomic E-state index is 0.193. The molecule has 0 spiro atoms. The average molecular weight is 351 g/mol. The van der Waals surface area contributed by atoms with Crippen molar-refractivity contribution in [3.8, 4) is 11.5 Å². The highest BCUT2D eigenvalue weighted by Gasteiger charge is 2.20. The number of carbonyl (C=O) groups excluding carboxylic acids is 2. The SMILES string of the molecule is Cc1nn(C)c(Cl)c1C(=O)NNC(=O)c1ccc2c(c1)OCCO2. The number of aromatic nitrogens is 2. The van der Waals surface area contributed by atoms with Crippen LogP contribution in [0.3, 0.4) is 0 Å². The van der Waals surface area contributed by atoms with E-state index >= 15 is 0 Å². The molecule has 24 heavy (non-hydrogen) atoms. The molecule has 8 nitrogen and oxygen atoms in total. The molecular formula is C15H15ClN4O4. The second kappa shape index (κ2) is 6.40. The minimum atomic E-state index is -0.545. The first-order chi connectivity index (χ1) is 11.5. The number of nitrogens with one attached hydrogen (secondary N) is 2. The summed E-state index contributed by atoms with van der Waals surface area (Å²) in [7, 11) is 1.62. The number of nitrogens with zero attached hydrogens (tertiary/aromatic N) is 2. The maximum atomic E-state index is 12.2. The van der Waals surface area contributed by atoms with Gasteiger partial charge in [-0.25, -0.2) is 0 Å². The number of rotatable bonds is 2. The van der Waals surface area contributed by atoms with E-state index in [-0.39, 0.29) is 10.7 Å². The zero-order valence-electron chi connectivity index (χ0n) is 13.1. The third-order valence-electron chi connectivity index (χ3n) is 3.47. The molecule has 0 fully saturated rings. The molecule has 1 aromatic carbocycles. The molecule has 0 radical (unpaired) electrons. The Morgan fingerprint density at radius 1 is 1.17 bits per heavy atom. The second-order valence-electron chi connectivity index (χ2n) is 5.14. The van der Waals surface area contributed by atoms with Gasteiger partial charge in [0.1, 0.15) is 23.9 Å². The number of amides is 2. The minimum Gasteiger partial charge on any atom is -0.486 e. The van der Waals surface area contributed by atoms with E-state index in [0.717, 1.165) is 0 Å². The normalized spacial score (nSPS) is 12.6. The lowest BCUT2D eigenvalue weighted by atomic mass is 10.2. The fourth-order valence-corrected chi connectivity index (χ4v) is 2.58. The topological polar surface area (TPSA) is 94.5 Å². The molecule has 2 N–H and O–H groups in total. The summed E-state index contributed by atoms with van der Waals surface area (Å²) >= 11 is 6.02. The van der Waals surface area contributed by atoms with Gasteiger partial charge in [0, 0.05) is 12.6 Å². The standard InChI is InChI=1S/C15H15ClN4O4/c1-8-12(13(16)20(2)19-8)15(22)18-17-14(21)9-3-4-10-11(7-9)24-6-5-23-10/h3-4,7H,5-6H2,1-2H3,(H,17,21)(H,18,22). The number of carbonyl (C=O) groups is 2. The maximum absolute atomic E-state index is 12.2. The number of hydrazine groups is 1. The van der Waals surface area contributed by atoms with Crippen LogP contribution in [0, 0.1) is 6.92 Å². The highest BCUT2D eigenvalue weighted by molar-refractivity contribution is 6.33. The predicted molar refractivity (Wildman–Crippen MR) is 85.3 cm³/mol. The molecule has 0 saturated carbocycles. The van der Waals surface area contributed by atoms with Crippen LogP contribution in [-0.4, -0.2) is 34.8 Å². The van der Waals surface area contributed by atoms with Crippen molar-refractivity contribution in [1.29, 1.82) is 0 Å². The van der Waals surface area contributed by atoms with E-state index in [1.165, 1.54) is 4.68 Å². The lowest BCUT2D eigenvalue weighted by molar-refractivity contribution is 0.0845. The third-order valence-corrected chi connectivity index (χ3v) is 3.91. The van der Waals surface area contributed by atoms with Crippen molar-refractivity contribution >= 4 is 23.4 Å². The van der Waals surface area contributed by atoms with Crippen molar-refractivity contribution in [2.75, 3.05) is 13.2 Å². The Labute approximate surface area is 142 Å². The molecular weight excluding hydrogens is 336 g/mol. The zero-order valence-corrected chi connectivity index (χ0v) is 13.8. The van der Waals surface area contributed by atoms with Crippen LogP contribution < -0.4 is 20.3 Å². The Morgan fingerprint density at radius 3 is 2.50 bits per heavy atom. The average Bonchev–Trinajstić information content (AvgIpc) is 2.84. The van der Waals surface area contributed by atoms with E-state index in [9.17, 15) is 9.59 Å². The Morgan fingerprint density at radius 2 is 1.83 bits per heavy atom. The van der Waals surface area contributed by atoms with Gasteiger partial charge in [0.05, 0.1) is 5.69 Å². The van der Waals surface area contributed by atoms with Crippen molar-refractivity contribution < 1.29 is 19.1 Å². The Kier molecular flexibility index (Phi) is 4.30. The summed E-state index contributed by atoms with van der Waals surface area (Å²) < 4.78 is 12.2. The number of benzene rings is 1. The fraction of sp³-hybridized carbons (Fsp3) is 0.267. The molecule has 0 saturated heterocycles. The highest BCUT2D eigenvalue weighted by atomic mass is 35.5. The molecule has 0 bridgehead atoms. The molecule has 0 atom stereocenters. The van der Waals surface area contributed by atoms with Gasteiger partial charge in [-0.2, -0.15) is 5.10 Å². The summed E-state index contributed by atoms with van der Waals surface area (Å²) in [4.78, 5) is 24.3. The fourth-order valence-electron chi connectivity index (χ4n) is 2.32. The van der Waals surface area contributed by atoms with Gasteiger partial charge >= 0.3 is 0 Å². The van der Waals surface area contributed by atoms with Crippen molar-refractivity contribution in [1.82, 2.24) is 20.6 Å². The molecule has 126 valence electrons.